The SMILES string of the molecule is CC(C)c1ccc(-c2[c-]cccc2)nc1.C[Si](C)(C)c1ccc2sc3c(-c4cc(C5CCCCC5)ccn4)[c-]ccc3c2c1.[Ir]. The molecule has 2 nitrogen and oxygen atoms in total. The molecule has 0 spiro atoms. The van der Waals surface area contributed by atoms with E-state index in [4.69, 9.17) is 4.98 Å². The summed E-state index contributed by atoms with van der Waals surface area (Å²) < 4.78 is 2.69. The van der Waals surface area contributed by atoms with Gasteiger partial charge in [0.05, 0.1) is 8.07 Å². The third kappa shape index (κ3) is 7.72. The van der Waals surface area contributed by atoms with Crippen LogP contribution in [0, 0.1) is 12.1 Å². The van der Waals surface area contributed by atoms with Crippen LogP contribution in [0.4, 0.5) is 0 Å². The molecule has 0 unspecified atom stereocenters. The molecule has 0 N–H and O–H groups in total. The summed E-state index contributed by atoms with van der Waals surface area (Å²) in [7, 11) is -1.33. The molecule has 0 saturated heterocycles. The fourth-order valence-corrected chi connectivity index (χ4v) is 8.48. The van der Waals surface area contributed by atoms with Crippen molar-refractivity contribution in [3.8, 4) is 22.5 Å². The molecular weight excluding hydrogens is 761 g/mol. The van der Waals surface area contributed by atoms with E-state index in [9.17, 15) is 0 Å². The summed E-state index contributed by atoms with van der Waals surface area (Å²) in [4.78, 5) is 9.20. The van der Waals surface area contributed by atoms with E-state index in [2.05, 4.69) is 105 Å². The minimum Gasteiger partial charge on any atom is -0.305 e. The first-order valence-electron chi connectivity index (χ1n) is 16.0. The molecule has 0 bridgehead atoms. The van der Waals surface area contributed by atoms with Crippen molar-refractivity contribution >= 4 is 44.8 Å². The minimum absolute atomic E-state index is 0. The van der Waals surface area contributed by atoms with Gasteiger partial charge in [-0.15, -0.1) is 59.7 Å². The molecule has 7 rings (SSSR count). The summed E-state index contributed by atoms with van der Waals surface area (Å²) in [6, 6.07) is 34.8. The fraction of sp³-hybridized carbons (Fsp3) is 0.300. The maximum atomic E-state index is 4.76. The largest absolute Gasteiger partial charge is 0.305 e. The first kappa shape index (κ1) is 33.4. The molecule has 0 atom stereocenters. The van der Waals surface area contributed by atoms with E-state index in [0.29, 0.717) is 11.8 Å². The van der Waals surface area contributed by atoms with E-state index < -0.39 is 8.07 Å². The van der Waals surface area contributed by atoms with E-state index in [1.54, 1.807) is 0 Å². The summed E-state index contributed by atoms with van der Waals surface area (Å²) in [5, 5.41) is 4.27. The third-order valence-electron chi connectivity index (χ3n) is 8.85. The molecule has 3 aromatic heterocycles. The first-order valence-corrected chi connectivity index (χ1v) is 20.4. The van der Waals surface area contributed by atoms with Crippen molar-refractivity contribution < 1.29 is 20.1 Å². The van der Waals surface area contributed by atoms with Gasteiger partial charge in [-0.3, -0.25) is 0 Å². The van der Waals surface area contributed by atoms with Crippen molar-refractivity contribution in [2.24, 2.45) is 0 Å². The van der Waals surface area contributed by atoms with Crippen LogP contribution in [0.2, 0.25) is 19.6 Å². The van der Waals surface area contributed by atoms with Crippen LogP contribution in [0.15, 0.2) is 91.3 Å². The molecule has 6 aromatic rings. The van der Waals surface area contributed by atoms with Gasteiger partial charge in [-0.25, -0.2) is 0 Å². The Balaban J connectivity index is 0.000000212. The summed E-state index contributed by atoms with van der Waals surface area (Å²) in [6.45, 7) is 11.6. The number of nitrogens with zero attached hydrogens (tertiary/aromatic N) is 2. The number of hydrogen-bond donors (Lipinski definition) is 0. The number of fused-ring (bicyclic) bond motifs is 3. The first-order chi connectivity index (χ1) is 21.3. The topological polar surface area (TPSA) is 25.8 Å². The van der Waals surface area contributed by atoms with Crippen LogP contribution < -0.4 is 5.19 Å². The van der Waals surface area contributed by atoms with E-state index in [1.165, 1.54) is 68.6 Å². The molecule has 5 heteroatoms. The molecule has 45 heavy (non-hydrogen) atoms. The monoisotopic (exact) mass is 803 g/mol. The van der Waals surface area contributed by atoms with Crippen LogP contribution in [-0.4, -0.2) is 18.0 Å². The van der Waals surface area contributed by atoms with Crippen molar-refractivity contribution in [2.45, 2.75) is 77.4 Å². The second kappa shape index (κ2) is 14.6. The Hall–Kier alpha value is -2.95. The van der Waals surface area contributed by atoms with Gasteiger partial charge in [0.1, 0.15) is 0 Å². The van der Waals surface area contributed by atoms with Gasteiger partial charge in [0.25, 0.3) is 0 Å². The van der Waals surface area contributed by atoms with Crippen LogP contribution in [0.25, 0.3) is 42.7 Å². The zero-order valence-corrected chi connectivity index (χ0v) is 31.2. The van der Waals surface area contributed by atoms with Crippen LogP contribution >= 0.6 is 11.3 Å². The van der Waals surface area contributed by atoms with Gasteiger partial charge in [-0.2, -0.15) is 11.3 Å². The van der Waals surface area contributed by atoms with Gasteiger partial charge in [-0.05, 0) is 63.8 Å². The molecule has 0 amide bonds. The molecule has 0 aliphatic heterocycles. The maximum absolute atomic E-state index is 4.76. The van der Waals surface area contributed by atoms with Gasteiger partial charge < -0.3 is 9.97 Å². The Morgan fingerprint density at radius 2 is 1.62 bits per heavy atom. The van der Waals surface area contributed by atoms with Crippen molar-refractivity contribution in [1.82, 2.24) is 9.97 Å². The van der Waals surface area contributed by atoms with Gasteiger partial charge in [0.2, 0.25) is 0 Å². The fourth-order valence-electron chi connectivity index (χ4n) is 6.13. The number of aromatic nitrogens is 2. The van der Waals surface area contributed by atoms with Gasteiger partial charge in [0, 0.05) is 37.2 Å². The average molecular weight is 803 g/mol. The molecule has 1 aliphatic rings. The van der Waals surface area contributed by atoms with Crippen LogP contribution in [0.3, 0.4) is 0 Å². The van der Waals surface area contributed by atoms with Crippen molar-refractivity contribution in [3.05, 3.63) is 115 Å². The molecule has 3 aromatic carbocycles. The number of hydrogen-bond acceptors (Lipinski definition) is 3. The van der Waals surface area contributed by atoms with Crippen molar-refractivity contribution in [1.29, 1.82) is 0 Å². The van der Waals surface area contributed by atoms with Crippen molar-refractivity contribution in [2.75, 3.05) is 0 Å². The van der Waals surface area contributed by atoms with Crippen molar-refractivity contribution in [3.63, 3.8) is 0 Å². The summed E-state index contributed by atoms with van der Waals surface area (Å²) in [5.41, 5.74) is 7.01. The molecule has 233 valence electrons. The zero-order chi connectivity index (χ0) is 30.7. The molecule has 1 aliphatic carbocycles. The van der Waals surface area contributed by atoms with Crippen LogP contribution in [-0.2, 0) is 20.1 Å². The number of benzene rings is 3. The predicted octanol–water partition coefficient (Wildman–Crippen LogP) is 11.2. The Kier molecular flexibility index (Phi) is 10.9. The quantitative estimate of drug-likeness (QED) is 0.128. The molecular formula is C40H42IrN2SSi-2. The normalized spacial score (nSPS) is 13.8. The second-order valence-electron chi connectivity index (χ2n) is 13.4. The third-order valence-corrected chi connectivity index (χ3v) is 12.1. The Morgan fingerprint density at radius 3 is 2.31 bits per heavy atom. The number of rotatable bonds is 5. The van der Waals surface area contributed by atoms with E-state index in [-0.39, 0.29) is 20.1 Å². The molecule has 1 fully saturated rings. The minimum atomic E-state index is -1.33. The summed E-state index contributed by atoms with van der Waals surface area (Å²) in [6.07, 6.45) is 10.7. The maximum Gasteiger partial charge on any atom is 0.0776 e. The zero-order valence-electron chi connectivity index (χ0n) is 27.0. The predicted molar refractivity (Wildman–Crippen MR) is 193 cm³/mol. The smallest absolute Gasteiger partial charge is 0.0776 e. The summed E-state index contributed by atoms with van der Waals surface area (Å²) in [5.74, 6) is 1.23. The van der Waals surface area contributed by atoms with Crippen LogP contribution in [0.5, 0.6) is 0 Å². The number of thiophene rings is 1. The standard InChI is InChI=1S/C26H28NSSi.C14H14N.Ir/c1-29(2,3)20-12-13-25-23(17-20)21-10-7-11-22(26(21)28-25)24-16-19(14-15-27-24)18-8-5-4-6-9-18;1-11(2)13-8-9-14(15-10-13)12-6-4-3-5-7-12;/h7,10,12-18H,4-6,8-9H2,1-3H3;3-6,8-11H,1-2H3;/q2*-1;. The summed E-state index contributed by atoms with van der Waals surface area (Å²) >= 11 is 1.89. The number of pyridine rings is 2. The van der Waals surface area contributed by atoms with Crippen LogP contribution in [0.1, 0.15) is 68.9 Å². The van der Waals surface area contributed by atoms with Gasteiger partial charge >= 0.3 is 0 Å². The average Bonchev–Trinajstić information content (AvgIpc) is 3.44. The van der Waals surface area contributed by atoms with Gasteiger partial charge in [-0.1, -0.05) is 99.2 Å². The Labute approximate surface area is 287 Å². The molecule has 3 heterocycles. The Bertz CT molecular complexity index is 1850. The second-order valence-corrected chi connectivity index (χ2v) is 19.5. The van der Waals surface area contributed by atoms with Gasteiger partial charge in [0.15, 0.2) is 0 Å². The van der Waals surface area contributed by atoms with E-state index in [1.807, 2.05) is 48.0 Å². The van der Waals surface area contributed by atoms with E-state index in [0.717, 1.165) is 22.5 Å². The molecule has 1 saturated carbocycles. The van der Waals surface area contributed by atoms with E-state index >= 15 is 0 Å². The Morgan fingerprint density at radius 1 is 0.800 bits per heavy atom. The molecule has 1 radical (unpaired) electrons.